The van der Waals surface area contributed by atoms with Crippen LogP contribution in [0.1, 0.15) is 30.7 Å². The van der Waals surface area contributed by atoms with Crippen LogP contribution in [0.3, 0.4) is 0 Å². The van der Waals surface area contributed by atoms with Gasteiger partial charge in [0, 0.05) is 12.7 Å². The van der Waals surface area contributed by atoms with Gasteiger partial charge in [-0.25, -0.2) is 9.97 Å². The lowest BCUT2D eigenvalue weighted by molar-refractivity contribution is -0.0846. The fraction of sp³-hybridized carbons (Fsp3) is 0.600. The Morgan fingerprint density at radius 1 is 1.20 bits per heavy atom. The van der Waals surface area contributed by atoms with Gasteiger partial charge in [0.2, 0.25) is 0 Å². The van der Waals surface area contributed by atoms with Crippen LogP contribution in [0.2, 0.25) is 10.3 Å². The highest BCUT2D eigenvalue weighted by Gasteiger charge is 2.42. The number of rotatable bonds is 2. The van der Waals surface area contributed by atoms with Crippen LogP contribution in [-0.4, -0.2) is 17.1 Å². The molecule has 0 aliphatic heterocycles. The largest absolute Gasteiger partial charge is 0.370 e. The van der Waals surface area contributed by atoms with E-state index in [1.807, 2.05) is 0 Å². The summed E-state index contributed by atoms with van der Waals surface area (Å²) in [7, 11) is 1.67. The van der Waals surface area contributed by atoms with Gasteiger partial charge in [0.15, 0.2) is 5.82 Å². The predicted octanol–water partition coefficient (Wildman–Crippen LogP) is 3.12. The fourth-order valence-electron chi connectivity index (χ4n) is 1.68. The smallest absolute Gasteiger partial charge is 0.163 e. The van der Waals surface area contributed by atoms with E-state index in [9.17, 15) is 0 Å². The molecule has 1 aliphatic carbocycles. The molecule has 0 aromatic carbocycles. The molecule has 0 unspecified atom stereocenters. The minimum Gasteiger partial charge on any atom is -0.370 e. The van der Waals surface area contributed by atoms with Gasteiger partial charge in [-0.15, -0.1) is 0 Å². The van der Waals surface area contributed by atoms with Crippen molar-refractivity contribution >= 4 is 23.2 Å². The van der Waals surface area contributed by atoms with Gasteiger partial charge in [0.25, 0.3) is 0 Å². The Hall–Kier alpha value is -0.380. The molecule has 1 aliphatic rings. The molecule has 0 bridgehead atoms. The Kier molecular flexibility index (Phi) is 2.88. The van der Waals surface area contributed by atoms with E-state index in [4.69, 9.17) is 27.9 Å². The monoisotopic (exact) mass is 246 g/mol. The summed E-state index contributed by atoms with van der Waals surface area (Å²) in [4.78, 5) is 8.49. The number of methoxy groups -OCH3 is 1. The first-order valence-electron chi connectivity index (χ1n) is 4.84. The van der Waals surface area contributed by atoms with E-state index >= 15 is 0 Å². The van der Waals surface area contributed by atoms with E-state index in [0.29, 0.717) is 21.7 Å². The Balaban J connectivity index is 2.45. The molecule has 1 heterocycles. The Labute approximate surface area is 98.8 Å². The molecule has 0 amide bonds. The lowest BCUT2D eigenvalue weighted by atomic mass is 9.79. The second-order valence-electron chi connectivity index (χ2n) is 3.81. The molecule has 0 atom stereocenters. The Morgan fingerprint density at radius 3 is 2.07 bits per heavy atom. The topological polar surface area (TPSA) is 35.0 Å². The second-order valence-corrected chi connectivity index (χ2v) is 4.52. The summed E-state index contributed by atoms with van der Waals surface area (Å²) in [6, 6.07) is 0. The van der Waals surface area contributed by atoms with E-state index in [2.05, 4.69) is 9.97 Å². The van der Waals surface area contributed by atoms with Crippen molar-refractivity contribution in [3.05, 3.63) is 21.7 Å². The van der Waals surface area contributed by atoms with Crippen LogP contribution in [0.25, 0.3) is 0 Å². The van der Waals surface area contributed by atoms with Crippen molar-refractivity contribution in [1.29, 1.82) is 0 Å². The minimum atomic E-state index is -0.360. The summed E-state index contributed by atoms with van der Waals surface area (Å²) in [5.74, 6) is 0.608. The Bertz CT molecular complexity index is 362. The molecule has 5 heteroatoms. The van der Waals surface area contributed by atoms with Crippen LogP contribution in [0.4, 0.5) is 0 Å². The summed E-state index contributed by atoms with van der Waals surface area (Å²) >= 11 is 11.9. The van der Waals surface area contributed by atoms with Gasteiger partial charge < -0.3 is 4.74 Å². The van der Waals surface area contributed by atoms with Crippen LogP contribution in [0.5, 0.6) is 0 Å². The van der Waals surface area contributed by atoms with Crippen LogP contribution >= 0.6 is 23.2 Å². The molecule has 0 N–H and O–H groups in total. The van der Waals surface area contributed by atoms with Crippen molar-refractivity contribution < 1.29 is 4.74 Å². The highest BCUT2D eigenvalue weighted by atomic mass is 35.5. The molecule has 1 fully saturated rings. The summed E-state index contributed by atoms with van der Waals surface area (Å²) < 4.78 is 5.47. The summed E-state index contributed by atoms with van der Waals surface area (Å²) in [6.07, 6.45) is 2.98. The van der Waals surface area contributed by atoms with E-state index in [-0.39, 0.29) is 5.60 Å². The molecule has 3 nitrogen and oxygen atoms in total. The zero-order valence-electron chi connectivity index (χ0n) is 8.68. The van der Waals surface area contributed by atoms with Gasteiger partial charge in [0.05, 0.1) is 0 Å². The predicted molar refractivity (Wildman–Crippen MR) is 59.3 cm³/mol. The average Bonchev–Trinajstić information content (AvgIpc) is 2.13. The first kappa shape index (κ1) is 11.1. The van der Waals surface area contributed by atoms with Crippen molar-refractivity contribution in [2.45, 2.75) is 31.8 Å². The first-order valence-corrected chi connectivity index (χ1v) is 5.60. The summed E-state index contributed by atoms with van der Waals surface area (Å²) in [5, 5.41) is 0.821. The van der Waals surface area contributed by atoms with Crippen molar-refractivity contribution in [3.63, 3.8) is 0 Å². The average molecular weight is 247 g/mol. The number of hydrogen-bond acceptors (Lipinski definition) is 3. The third-order valence-corrected chi connectivity index (χ3v) is 3.72. The lowest BCUT2D eigenvalue weighted by Gasteiger charge is -2.38. The molecule has 82 valence electrons. The second kappa shape index (κ2) is 3.89. The first-order chi connectivity index (χ1) is 7.09. The molecule has 0 radical (unpaired) electrons. The third-order valence-electron chi connectivity index (χ3n) is 2.99. The number of hydrogen-bond donors (Lipinski definition) is 0. The molecule has 15 heavy (non-hydrogen) atoms. The maximum atomic E-state index is 5.97. The fourth-order valence-corrected chi connectivity index (χ4v) is 2.07. The van der Waals surface area contributed by atoms with Gasteiger partial charge in [-0.05, 0) is 26.2 Å². The maximum absolute atomic E-state index is 5.97. The Morgan fingerprint density at radius 2 is 1.73 bits per heavy atom. The van der Waals surface area contributed by atoms with E-state index in [1.54, 1.807) is 14.0 Å². The quantitative estimate of drug-likeness (QED) is 0.753. The highest BCUT2D eigenvalue weighted by Crippen LogP contribution is 2.43. The zero-order valence-corrected chi connectivity index (χ0v) is 10.2. The van der Waals surface area contributed by atoms with Crippen molar-refractivity contribution in [3.8, 4) is 0 Å². The van der Waals surface area contributed by atoms with Gasteiger partial charge in [-0.2, -0.15) is 0 Å². The van der Waals surface area contributed by atoms with E-state index in [1.165, 1.54) is 0 Å². The highest BCUT2D eigenvalue weighted by molar-refractivity contribution is 6.34. The van der Waals surface area contributed by atoms with Crippen LogP contribution in [0, 0.1) is 6.92 Å². The van der Waals surface area contributed by atoms with Crippen LogP contribution in [-0.2, 0) is 10.3 Å². The number of aromatic nitrogens is 2. The van der Waals surface area contributed by atoms with Gasteiger partial charge in [0.1, 0.15) is 15.9 Å². The summed E-state index contributed by atoms with van der Waals surface area (Å²) in [5.41, 5.74) is 0.355. The molecular weight excluding hydrogens is 235 g/mol. The van der Waals surface area contributed by atoms with Crippen molar-refractivity contribution in [1.82, 2.24) is 9.97 Å². The van der Waals surface area contributed by atoms with Gasteiger partial charge in [-0.3, -0.25) is 0 Å². The SMILES string of the molecule is COC1(c2nc(Cl)c(C)c(Cl)n2)CCC1. The molecule has 0 spiro atoms. The molecule has 0 saturated heterocycles. The maximum Gasteiger partial charge on any atom is 0.163 e. The van der Waals surface area contributed by atoms with Gasteiger partial charge in [-0.1, -0.05) is 23.2 Å². The van der Waals surface area contributed by atoms with Crippen LogP contribution in [0.15, 0.2) is 0 Å². The molecule has 1 aromatic heterocycles. The standard InChI is InChI=1S/C10H12Cl2N2O/c1-6-7(11)13-9(14-8(6)12)10(15-2)4-3-5-10/h3-5H2,1-2H3. The van der Waals surface area contributed by atoms with E-state index in [0.717, 1.165) is 19.3 Å². The number of halogens is 2. The number of nitrogens with zero attached hydrogens (tertiary/aromatic N) is 2. The van der Waals surface area contributed by atoms with Crippen molar-refractivity contribution in [2.75, 3.05) is 7.11 Å². The zero-order chi connectivity index (χ0) is 11.1. The van der Waals surface area contributed by atoms with Gasteiger partial charge >= 0.3 is 0 Å². The number of ether oxygens (including phenoxy) is 1. The van der Waals surface area contributed by atoms with E-state index < -0.39 is 0 Å². The molecule has 1 aromatic rings. The molecular formula is C10H12Cl2N2O. The van der Waals surface area contributed by atoms with Crippen molar-refractivity contribution in [2.24, 2.45) is 0 Å². The molecule has 2 rings (SSSR count). The molecule has 1 saturated carbocycles. The summed E-state index contributed by atoms with van der Waals surface area (Å²) in [6.45, 7) is 1.80. The minimum absolute atomic E-state index is 0.360. The van der Waals surface area contributed by atoms with Crippen LogP contribution < -0.4 is 0 Å². The third kappa shape index (κ3) is 1.73. The lowest BCUT2D eigenvalue weighted by Crippen LogP contribution is -2.38. The normalized spacial score (nSPS) is 18.7.